The van der Waals surface area contributed by atoms with E-state index in [4.69, 9.17) is 0 Å². The summed E-state index contributed by atoms with van der Waals surface area (Å²) in [6.45, 7) is 22.6. The maximum atomic E-state index is 4.61. The molecule has 252 valence electrons. The van der Waals surface area contributed by atoms with Crippen molar-refractivity contribution >= 4 is 35.1 Å². The number of allylic oxidation sites excluding steroid dienone is 4. The fraction of sp³-hybridized carbons (Fsp3) is 0.700. The number of aromatic nitrogens is 2. The van der Waals surface area contributed by atoms with Crippen LogP contribution >= 0.6 is 22.7 Å². The molecule has 4 aliphatic carbocycles. The highest BCUT2D eigenvalue weighted by molar-refractivity contribution is 7.12. The standard InChI is InChI=1S/2C10H15NS.2C10H15N/c2*1-6(2)8-4-5-9-10(8)11-7(3)12-9;2*1-7(2)9-4-3-8-5-6-11-10(8)9/h2*6,8H,4-5H2,1-3H3;2*6-7,9H,3-5H2,1-2H3/t2*8-;2*9-/m1010/s1. The summed E-state index contributed by atoms with van der Waals surface area (Å²) < 4.78 is 0. The highest BCUT2D eigenvalue weighted by Crippen LogP contribution is 2.43. The molecular formula is C40H60N4S2. The van der Waals surface area contributed by atoms with Gasteiger partial charge in [0.2, 0.25) is 0 Å². The molecule has 0 fully saturated rings. The maximum Gasteiger partial charge on any atom is 0.0900 e. The van der Waals surface area contributed by atoms with Crippen LogP contribution in [0.3, 0.4) is 0 Å². The number of aliphatic imine (C=N–C) groups is 2. The van der Waals surface area contributed by atoms with E-state index < -0.39 is 0 Å². The van der Waals surface area contributed by atoms with Crippen molar-refractivity contribution < 1.29 is 0 Å². The number of hydrogen-bond donors (Lipinski definition) is 0. The summed E-state index contributed by atoms with van der Waals surface area (Å²) in [5, 5.41) is 2.48. The third kappa shape index (κ3) is 8.02. The van der Waals surface area contributed by atoms with Crippen LogP contribution in [-0.4, -0.2) is 22.4 Å². The zero-order chi connectivity index (χ0) is 33.1. The minimum Gasteiger partial charge on any atom is -0.265 e. The number of fused-ring (bicyclic) bond motifs is 2. The van der Waals surface area contributed by atoms with E-state index in [0.717, 1.165) is 60.2 Å². The molecule has 2 aromatic rings. The molecule has 2 aliphatic heterocycles. The molecule has 4 atom stereocenters. The van der Waals surface area contributed by atoms with Crippen molar-refractivity contribution in [3.05, 3.63) is 53.7 Å². The van der Waals surface area contributed by atoms with Crippen LogP contribution in [0, 0.1) is 49.4 Å². The molecule has 6 aliphatic rings. The van der Waals surface area contributed by atoms with E-state index in [0.29, 0.717) is 0 Å². The Hall–Kier alpha value is -1.92. The van der Waals surface area contributed by atoms with Gasteiger partial charge in [0.25, 0.3) is 0 Å². The lowest BCUT2D eigenvalue weighted by Gasteiger charge is -2.14. The van der Waals surface area contributed by atoms with Crippen LogP contribution in [0.1, 0.15) is 150 Å². The predicted molar refractivity (Wildman–Crippen MR) is 201 cm³/mol. The SMILES string of the molecule is CC(C)[C@@H]1CCC2=C1N=CC2.CC(C)[C@H]1CCC2=C1N=CC2.Cc1nc2c(s1)CC[C@@H]2C(C)C.Cc1nc2c(s1)CC[C@H]2C(C)C. The predicted octanol–water partition coefficient (Wildman–Crippen LogP) is 11.8. The number of hydrogen-bond acceptors (Lipinski definition) is 6. The summed E-state index contributed by atoms with van der Waals surface area (Å²) in [5.74, 6) is 6.08. The molecule has 4 heterocycles. The second kappa shape index (κ2) is 15.5. The third-order valence-corrected chi connectivity index (χ3v) is 13.1. The molecule has 0 spiro atoms. The highest BCUT2D eigenvalue weighted by Gasteiger charge is 2.31. The zero-order valence-electron chi connectivity index (χ0n) is 30.4. The van der Waals surface area contributed by atoms with Gasteiger partial charge in [-0.05, 0) is 100 Å². The van der Waals surface area contributed by atoms with E-state index in [1.165, 1.54) is 84.2 Å². The second-order valence-corrected chi connectivity index (χ2v) is 18.2. The largest absolute Gasteiger partial charge is 0.265 e. The van der Waals surface area contributed by atoms with E-state index in [-0.39, 0.29) is 0 Å². The molecule has 0 amide bonds. The molecule has 0 saturated carbocycles. The minimum absolute atomic E-state index is 0.741. The molecule has 46 heavy (non-hydrogen) atoms. The van der Waals surface area contributed by atoms with E-state index in [9.17, 15) is 0 Å². The van der Waals surface area contributed by atoms with Gasteiger partial charge < -0.3 is 0 Å². The molecule has 4 nitrogen and oxygen atoms in total. The molecular weight excluding hydrogens is 601 g/mol. The summed E-state index contributed by atoms with van der Waals surface area (Å²) in [4.78, 5) is 21.2. The van der Waals surface area contributed by atoms with Crippen LogP contribution in [0.25, 0.3) is 0 Å². The Labute approximate surface area is 288 Å². The summed E-state index contributed by atoms with van der Waals surface area (Å²) in [5.41, 5.74) is 8.91. The molecule has 2 aromatic heterocycles. The van der Waals surface area contributed by atoms with Crippen LogP contribution in [0.15, 0.2) is 32.5 Å². The van der Waals surface area contributed by atoms with Crippen LogP contribution < -0.4 is 0 Å². The molecule has 0 radical (unpaired) electrons. The summed E-state index contributed by atoms with van der Waals surface area (Å²) in [7, 11) is 0. The Bertz CT molecular complexity index is 1350. The summed E-state index contributed by atoms with van der Waals surface area (Å²) in [6.07, 6.45) is 16.9. The van der Waals surface area contributed by atoms with E-state index in [1.807, 2.05) is 22.7 Å². The number of thiazole rings is 2. The van der Waals surface area contributed by atoms with Crippen LogP contribution in [-0.2, 0) is 12.8 Å². The Morgan fingerprint density at radius 2 is 0.870 bits per heavy atom. The van der Waals surface area contributed by atoms with Gasteiger partial charge in [-0.2, -0.15) is 0 Å². The second-order valence-electron chi connectivity index (χ2n) is 15.6. The Balaban J connectivity index is 0.000000121. The summed E-state index contributed by atoms with van der Waals surface area (Å²) >= 11 is 3.77. The van der Waals surface area contributed by atoms with Gasteiger partial charge in [0, 0.05) is 70.1 Å². The molecule has 0 unspecified atom stereocenters. The van der Waals surface area contributed by atoms with Gasteiger partial charge in [0.1, 0.15) is 0 Å². The molecule has 0 bridgehead atoms. The fourth-order valence-electron chi connectivity index (χ4n) is 8.36. The van der Waals surface area contributed by atoms with E-state index >= 15 is 0 Å². The van der Waals surface area contributed by atoms with Gasteiger partial charge in [0.05, 0.1) is 21.4 Å². The molecule has 8 rings (SSSR count). The lowest BCUT2D eigenvalue weighted by atomic mass is 9.93. The Morgan fingerprint density at radius 3 is 1.22 bits per heavy atom. The van der Waals surface area contributed by atoms with E-state index in [1.54, 1.807) is 20.9 Å². The summed E-state index contributed by atoms with van der Waals surface area (Å²) in [6, 6.07) is 0. The molecule has 0 saturated heterocycles. The number of aryl methyl sites for hydroxylation is 4. The first-order chi connectivity index (χ1) is 21.9. The lowest BCUT2D eigenvalue weighted by Crippen LogP contribution is -2.05. The maximum absolute atomic E-state index is 4.61. The molecule has 0 aromatic carbocycles. The van der Waals surface area contributed by atoms with Crippen LogP contribution in [0.2, 0.25) is 0 Å². The van der Waals surface area contributed by atoms with Gasteiger partial charge in [-0.15, -0.1) is 22.7 Å². The Kier molecular flexibility index (Phi) is 11.9. The zero-order valence-corrected chi connectivity index (χ0v) is 32.1. The normalized spacial score (nSPS) is 25.2. The quantitative estimate of drug-likeness (QED) is 0.328. The van der Waals surface area contributed by atoms with Gasteiger partial charge in [0.15, 0.2) is 0 Å². The van der Waals surface area contributed by atoms with Crippen molar-refractivity contribution in [2.24, 2.45) is 45.5 Å². The first-order valence-corrected chi connectivity index (χ1v) is 20.0. The topological polar surface area (TPSA) is 50.5 Å². The van der Waals surface area contributed by atoms with Crippen LogP contribution in [0.5, 0.6) is 0 Å². The monoisotopic (exact) mass is 660 g/mol. The lowest BCUT2D eigenvalue weighted by molar-refractivity contribution is 0.437. The van der Waals surface area contributed by atoms with Gasteiger partial charge in [-0.1, -0.05) is 55.4 Å². The van der Waals surface area contributed by atoms with Gasteiger partial charge in [-0.3, -0.25) is 9.98 Å². The number of nitrogens with zero attached hydrogens (tertiary/aromatic N) is 4. The molecule has 0 N–H and O–H groups in total. The van der Waals surface area contributed by atoms with E-state index in [2.05, 4.69) is 102 Å². The van der Waals surface area contributed by atoms with Gasteiger partial charge in [-0.25, -0.2) is 9.97 Å². The van der Waals surface area contributed by atoms with Crippen molar-refractivity contribution in [2.75, 3.05) is 0 Å². The van der Waals surface area contributed by atoms with Crippen molar-refractivity contribution in [2.45, 2.75) is 145 Å². The van der Waals surface area contributed by atoms with Crippen molar-refractivity contribution in [1.82, 2.24) is 9.97 Å². The van der Waals surface area contributed by atoms with Crippen molar-refractivity contribution in [1.29, 1.82) is 0 Å². The fourth-order valence-corrected chi connectivity index (χ4v) is 10.4. The average molecular weight is 661 g/mol. The van der Waals surface area contributed by atoms with Crippen LogP contribution in [0.4, 0.5) is 0 Å². The van der Waals surface area contributed by atoms with Crippen molar-refractivity contribution in [3.8, 4) is 0 Å². The highest BCUT2D eigenvalue weighted by atomic mass is 32.1. The smallest absolute Gasteiger partial charge is 0.0900 e. The minimum atomic E-state index is 0.741. The molecule has 6 heteroatoms. The van der Waals surface area contributed by atoms with Gasteiger partial charge >= 0.3 is 0 Å². The first-order valence-electron chi connectivity index (χ1n) is 18.4. The first kappa shape index (κ1) is 35.4. The Morgan fingerprint density at radius 1 is 0.522 bits per heavy atom. The average Bonchev–Trinajstić information content (AvgIpc) is 3.79. The van der Waals surface area contributed by atoms with Crippen molar-refractivity contribution in [3.63, 3.8) is 0 Å². The number of rotatable bonds is 4. The third-order valence-electron chi connectivity index (χ3n) is 11.0.